The molecule has 1 N–H and O–H groups in total. The molecule has 1 saturated carbocycles. The Morgan fingerprint density at radius 1 is 0.895 bits per heavy atom. The predicted octanol–water partition coefficient (Wildman–Crippen LogP) is 6.57. The number of benzene rings is 3. The topological polar surface area (TPSA) is 76.1 Å². The third-order valence-corrected chi connectivity index (χ3v) is 9.08. The molecule has 3 aromatic carbocycles. The summed E-state index contributed by atoms with van der Waals surface area (Å²) in [5, 5.41) is 9.26. The molecule has 1 spiro atoms. The molecule has 0 radical (unpaired) electrons. The first kappa shape index (κ1) is 25.1. The van der Waals surface area contributed by atoms with Gasteiger partial charge in [0, 0.05) is 28.9 Å². The first-order valence-corrected chi connectivity index (χ1v) is 13.9. The number of likely N-dealkylation sites (tertiary alicyclic amines) is 1. The standard InChI is InChI=1S/C31H30BrNO5/c32-22-7-5-6-21(16-22)31(38-18-28(34)35)14-12-30(13-15-31)19-33(20-30)29(36)37-17-27-25-10-3-1-8-23(25)24-9-2-4-11-26(24)27/h1-11,16,27H,12-15,17-20H2,(H,34,35). The fourth-order valence-electron chi connectivity index (χ4n) is 6.57. The van der Waals surface area contributed by atoms with Crippen LogP contribution in [0.5, 0.6) is 0 Å². The van der Waals surface area contributed by atoms with E-state index in [1.165, 1.54) is 22.3 Å². The van der Waals surface area contributed by atoms with E-state index in [1.54, 1.807) is 4.90 Å². The Labute approximate surface area is 230 Å². The Balaban J connectivity index is 1.08. The normalized spacial score (nSPS) is 18.9. The Hall–Kier alpha value is -3.16. The van der Waals surface area contributed by atoms with Crippen LogP contribution in [0, 0.1) is 5.41 Å². The summed E-state index contributed by atoms with van der Waals surface area (Å²) in [6, 6.07) is 24.6. The number of carboxylic acid groups (broad SMARTS) is 1. The number of carbonyl (C=O) groups is 2. The van der Waals surface area contributed by atoms with Gasteiger partial charge in [-0.25, -0.2) is 9.59 Å². The molecule has 7 heteroatoms. The Bertz CT molecular complexity index is 1330. The lowest BCUT2D eigenvalue weighted by atomic mass is 9.63. The Morgan fingerprint density at radius 2 is 1.53 bits per heavy atom. The molecule has 1 aliphatic heterocycles. The molecule has 0 unspecified atom stereocenters. The molecule has 38 heavy (non-hydrogen) atoms. The van der Waals surface area contributed by atoms with Gasteiger partial charge in [0.15, 0.2) is 0 Å². The highest BCUT2D eigenvalue weighted by Gasteiger charge is 2.52. The number of fused-ring (bicyclic) bond motifs is 3. The van der Waals surface area contributed by atoms with Crippen molar-refractivity contribution >= 4 is 28.0 Å². The van der Waals surface area contributed by atoms with Gasteiger partial charge in [-0.3, -0.25) is 0 Å². The van der Waals surface area contributed by atoms with Crippen LogP contribution in [-0.4, -0.2) is 48.4 Å². The summed E-state index contributed by atoms with van der Waals surface area (Å²) in [5.74, 6) is -0.918. The Morgan fingerprint density at radius 3 is 2.13 bits per heavy atom. The van der Waals surface area contributed by atoms with E-state index >= 15 is 0 Å². The van der Waals surface area contributed by atoms with E-state index in [0.29, 0.717) is 19.7 Å². The van der Waals surface area contributed by atoms with Gasteiger partial charge < -0.3 is 19.5 Å². The zero-order valence-electron chi connectivity index (χ0n) is 21.1. The van der Waals surface area contributed by atoms with Gasteiger partial charge >= 0.3 is 12.1 Å². The molecule has 1 saturated heterocycles. The Kier molecular flexibility index (Phi) is 6.52. The second kappa shape index (κ2) is 9.86. The van der Waals surface area contributed by atoms with Gasteiger partial charge in [-0.15, -0.1) is 0 Å². The first-order valence-electron chi connectivity index (χ1n) is 13.1. The van der Waals surface area contributed by atoms with Crippen LogP contribution in [0.4, 0.5) is 4.79 Å². The van der Waals surface area contributed by atoms with Gasteiger partial charge in [0.05, 0.1) is 5.60 Å². The van der Waals surface area contributed by atoms with Crippen LogP contribution < -0.4 is 0 Å². The third-order valence-electron chi connectivity index (χ3n) is 8.59. The summed E-state index contributed by atoms with van der Waals surface area (Å²) in [4.78, 5) is 26.1. The number of ether oxygens (including phenoxy) is 2. The quantitative estimate of drug-likeness (QED) is 0.359. The van der Waals surface area contributed by atoms with Crippen molar-refractivity contribution in [3.05, 3.63) is 94.0 Å². The average molecular weight is 576 g/mol. The highest BCUT2D eigenvalue weighted by atomic mass is 79.9. The number of amides is 1. The van der Waals surface area contributed by atoms with E-state index < -0.39 is 11.6 Å². The summed E-state index contributed by atoms with van der Waals surface area (Å²) in [7, 11) is 0. The van der Waals surface area contributed by atoms with E-state index in [1.807, 2.05) is 48.5 Å². The molecule has 2 fully saturated rings. The van der Waals surface area contributed by atoms with Crippen LogP contribution in [0.2, 0.25) is 0 Å². The van der Waals surface area contributed by atoms with Crippen molar-refractivity contribution in [3.63, 3.8) is 0 Å². The van der Waals surface area contributed by atoms with Gasteiger partial charge in [-0.2, -0.15) is 0 Å². The number of aliphatic carboxylic acids is 1. The molecule has 1 heterocycles. The minimum absolute atomic E-state index is 0.0354. The number of carbonyl (C=O) groups excluding carboxylic acids is 1. The van der Waals surface area contributed by atoms with Crippen molar-refractivity contribution in [1.29, 1.82) is 0 Å². The first-order chi connectivity index (χ1) is 18.4. The van der Waals surface area contributed by atoms with Crippen LogP contribution in [0.1, 0.15) is 48.3 Å². The van der Waals surface area contributed by atoms with Gasteiger partial charge in [0.2, 0.25) is 0 Å². The van der Waals surface area contributed by atoms with Crippen molar-refractivity contribution in [2.45, 2.75) is 37.2 Å². The maximum atomic E-state index is 13.0. The number of hydrogen-bond acceptors (Lipinski definition) is 4. The van der Waals surface area contributed by atoms with Crippen LogP contribution >= 0.6 is 15.9 Å². The number of rotatable bonds is 6. The molecule has 3 aliphatic rings. The number of nitrogens with zero attached hydrogens (tertiary/aromatic N) is 1. The number of carboxylic acids is 1. The van der Waals surface area contributed by atoms with Crippen molar-refractivity contribution in [3.8, 4) is 11.1 Å². The van der Waals surface area contributed by atoms with Crippen LogP contribution in [0.25, 0.3) is 11.1 Å². The van der Waals surface area contributed by atoms with Crippen molar-refractivity contribution < 1.29 is 24.2 Å². The summed E-state index contributed by atoms with van der Waals surface area (Å²) in [6.45, 7) is 1.32. The molecule has 6 rings (SSSR count). The van der Waals surface area contributed by atoms with Gasteiger partial charge in [-0.1, -0.05) is 76.6 Å². The molecular weight excluding hydrogens is 546 g/mol. The van der Waals surface area contributed by atoms with Crippen LogP contribution in [0.15, 0.2) is 77.3 Å². The summed E-state index contributed by atoms with van der Waals surface area (Å²) < 4.78 is 12.8. The average Bonchev–Trinajstić information content (AvgIpc) is 3.23. The van der Waals surface area contributed by atoms with E-state index in [4.69, 9.17) is 9.47 Å². The lowest BCUT2D eigenvalue weighted by molar-refractivity contribution is -0.160. The summed E-state index contributed by atoms with van der Waals surface area (Å²) >= 11 is 3.53. The maximum Gasteiger partial charge on any atom is 0.409 e. The third kappa shape index (κ3) is 4.52. The van der Waals surface area contributed by atoms with Crippen molar-refractivity contribution in [2.75, 3.05) is 26.3 Å². The molecule has 6 nitrogen and oxygen atoms in total. The molecule has 196 valence electrons. The number of halogens is 1. The zero-order valence-corrected chi connectivity index (χ0v) is 22.7. The van der Waals surface area contributed by atoms with E-state index in [-0.39, 0.29) is 24.0 Å². The molecule has 2 aliphatic carbocycles. The molecule has 3 aromatic rings. The molecular formula is C31H30BrNO5. The fourth-order valence-corrected chi connectivity index (χ4v) is 6.97. The lowest BCUT2D eigenvalue weighted by Crippen LogP contribution is -2.61. The van der Waals surface area contributed by atoms with Crippen molar-refractivity contribution in [1.82, 2.24) is 4.90 Å². The smallest absolute Gasteiger partial charge is 0.409 e. The molecule has 0 aromatic heterocycles. The summed E-state index contributed by atoms with van der Waals surface area (Å²) in [6.07, 6.45) is 2.91. The molecule has 1 amide bonds. The van der Waals surface area contributed by atoms with E-state index in [9.17, 15) is 14.7 Å². The molecule has 0 bridgehead atoms. The minimum atomic E-state index is -0.968. The maximum absolute atomic E-state index is 13.0. The second-order valence-electron chi connectivity index (χ2n) is 10.8. The fraction of sp³-hybridized carbons (Fsp3) is 0.355. The zero-order chi connectivity index (χ0) is 26.3. The van der Waals surface area contributed by atoms with Crippen molar-refractivity contribution in [2.24, 2.45) is 5.41 Å². The highest BCUT2D eigenvalue weighted by Crippen LogP contribution is 2.52. The van der Waals surface area contributed by atoms with E-state index in [0.717, 1.165) is 35.7 Å². The summed E-state index contributed by atoms with van der Waals surface area (Å²) in [5.41, 5.74) is 5.25. The van der Waals surface area contributed by atoms with Crippen LogP contribution in [0.3, 0.4) is 0 Å². The second-order valence-corrected chi connectivity index (χ2v) is 11.8. The predicted molar refractivity (Wildman–Crippen MR) is 147 cm³/mol. The monoisotopic (exact) mass is 575 g/mol. The van der Waals surface area contributed by atoms with Gasteiger partial charge in [0.1, 0.15) is 13.2 Å². The molecule has 0 atom stereocenters. The van der Waals surface area contributed by atoms with Gasteiger partial charge in [-0.05, 0) is 65.6 Å². The van der Waals surface area contributed by atoms with Gasteiger partial charge in [0.25, 0.3) is 0 Å². The van der Waals surface area contributed by atoms with E-state index in [2.05, 4.69) is 40.2 Å². The highest BCUT2D eigenvalue weighted by molar-refractivity contribution is 9.10. The lowest BCUT2D eigenvalue weighted by Gasteiger charge is -2.55. The largest absolute Gasteiger partial charge is 0.480 e. The SMILES string of the molecule is O=C(O)COC1(c2cccc(Br)c2)CCC2(CC1)CN(C(=O)OCC1c3ccccc3-c3ccccc31)C2. The minimum Gasteiger partial charge on any atom is -0.480 e. The van der Waals surface area contributed by atoms with Crippen LogP contribution in [-0.2, 0) is 19.9 Å². The number of hydrogen-bond donors (Lipinski definition) is 1.